The zero-order chi connectivity index (χ0) is 13.8. The average molecular weight is 274 g/mol. The van der Waals surface area contributed by atoms with Gasteiger partial charge >= 0.3 is 0 Å². The third kappa shape index (κ3) is 3.26. The molecule has 0 aromatic heterocycles. The summed E-state index contributed by atoms with van der Waals surface area (Å²) in [7, 11) is 0. The fourth-order valence-corrected chi connectivity index (χ4v) is 3.75. The Balaban J connectivity index is 1.38. The molecular formula is C17H26N2O. The summed E-state index contributed by atoms with van der Waals surface area (Å²) < 4.78 is 5.77. The molecule has 1 aromatic carbocycles. The molecule has 3 nitrogen and oxygen atoms in total. The summed E-state index contributed by atoms with van der Waals surface area (Å²) >= 11 is 0. The van der Waals surface area contributed by atoms with Crippen LogP contribution in [0.25, 0.3) is 0 Å². The smallest absolute Gasteiger partial charge is 0.121 e. The van der Waals surface area contributed by atoms with Crippen molar-refractivity contribution in [3.63, 3.8) is 0 Å². The molecule has 2 aliphatic rings. The van der Waals surface area contributed by atoms with Gasteiger partial charge in [-0.05, 0) is 30.4 Å². The van der Waals surface area contributed by atoms with E-state index in [1.54, 1.807) is 0 Å². The predicted octanol–water partition coefficient (Wildman–Crippen LogP) is 3.30. The molecule has 110 valence electrons. The van der Waals surface area contributed by atoms with Gasteiger partial charge in [0, 0.05) is 31.4 Å². The quantitative estimate of drug-likeness (QED) is 0.856. The van der Waals surface area contributed by atoms with Crippen molar-refractivity contribution in [2.24, 2.45) is 5.41 Å². The highest BCUT2D eigenvalue weighted by molar-refractivity contribution is 5.43. The highest BCUT2D eigenvalue weighted by Gasteiger charge is 2.41. The SMILES string of the molecule is Nc1cccc(OCCN2CC3(CCCCCC3)C2)c1. The topological polar surface area (TPSA) is 38.5 Å². The molecule has 1 heterocycles. The maximum atomic E-state index is 5.77. The predicted molar refractivity (Wildman–Crippen MR) is 82.9 cm³/mol. The lowest BCUT2D eigenvalue weighted by Gasteiger charge is -2.50. The van der Waals surface area contributed by atoms with Gasteiger partial charge in [0.25, 0.3) is 0 Å². The summed E-state index contributed by atoms with van der Waals surface area (Å²) in [6.07, 6.45) is 8.65. The molecule has 3 rings (SSSR count). The standard InChI is InChI=1S/C17H26N2O/c18-15-6-5-7-16(12-15)20-11-10-19-13-17(14-19)8-3-1-2-4-9-17/h5-7,12H,1-4,8-11,13-14,18H2. The van der Waals surface area contributed by atoms with Crippen LogP contribution in [0.4, 0.5) is 5.69 Å². The van der Waals surface area contributed by atoms with Gasteiger partial charge in [0.2, 0.25) is 0 Å². The van der Waals surface area contributed by atoms with E-state index in [2.05, 4.69) is 4.90 Å². The van der Waals surface area contributed by atoms with E-state index in [-0.39, 0.29) is 0 Å². The van der Waals surface area contributed by atoms with Crippen LogP contribution in [0.5, 0.6) is 5.75 Å². The van der Waals surface area contributed by atoms with Crippen LogP contribution in [0.3, 0.4) is 0 Å². The van der Waals surface area contributed by atoms with Crippen molar-refractivity contribution in [3.8, 4) is 5.75 Å². The highest BCUT2D eigenvalue weighted by atomic mass is 16.5. The molecule has 2 N–H and O–H groups in total. The number of nitrogens with zero attached hydrogens (tertiary/aromatic N) is 1. The number of hydrogen-bond acceptors (Lipinski definition) is 3. The first-order valence-electron chi connectivity index (χ1n) is 7.97. The fraction of sp³-hybridized carbons (Fsp3) is 0.647. The van der Waals surface area contributed by atoms with Crippen LogP contribution < -0.4 is 10.5 Å². The molecule has 0 unspecified atom stereocenters. The second-order valence-corrected chi connectivity index (χ2v) is 6.55. The van der Waals surface area contributed by atoms with Gasteiger partial charge in [-0.1, -0.05) is 31.7 Å². The van der Waals surface area contributed by atoms with E-state index in [0.29, 0.717) is 5.41 Å². The number of anilines is 1. The summed E-state index contributed by atoms with van der Waals surface area (Å²) in [4.78, 5) is 2.54. The lowest BCUT2D eigenvalue weighted by molar-refractivity contribution is -0.0181. The zero-order valence-corrected chi connectivity index (χ0v) is 12.3. The first-order chi connectivity index (χ1) is 9.76. The second-order valence-electron chi connectivity index (χ2n) is 6.55. The van der Waals surface area contributed by atoms with Gasteiger partial charge < -0.3 is 10.5 Å². The Labute approximate surface area is 122 Å². The lowest BCUT2D eigenvalue weighted by Crippen LogP contribution is -2.56. The molecule has 3 heteroatoms. The van der Waals surface area contributed by atoms with Crippen molar-refractivity contribution in [2.75, 3.05) is 32.0 Å². The van der Waals surface area contributed by atoms with Crippen LogP contribution in [0.1, 0.15) is 38.5 Å². The van der Waals surface area contributed by atoms with Gasteiger partial charge in [0.15, 0.2) is 0 Å². The van der Waals surface area contributed by atoms with Gasteiger partial charge in [-0.3, -0.25) is 4.90 Å². The van der Waals surface area contributed by atoms with Gasteiger partial charge in [-0.15, -0.1) is 0 Å². The number of nitrogen functional groups attached to an aromatic ring is 1. The van der Waals surface area contributed by atoms with Crippen LogP contribution in [0.15, 0.2) is 24.3 Å². The molecular weight excluding hydrogens is 248 g/mol. The number of ether oxygens (including phenoxy) is 1. The average Bonchev–Trinajstić information content (AvgIpc) is 2.64. The minimum Gasteiger partial charge on any atom is -0.492 e. The van der Waals surface area contributed by atoms with Crippen LogP contribution in [-0.2, 0) is 0 Å². The molecule has 1 saturated heterocycles. The second kappa shape index (κ2) is 6.04. The van der Waals surface area contributed by atoms with Crippen LogP contribution in [-0.4, -0.2) is 31.1 Å². The van der Waals surface area contributed by atoms with E-state index < -0.39 is 0 Å². The largest absolute Gasteiger partial charge is 0.492 e. The summed E-state index contributed by atoms with van der Waals surface area (Å²) in [5, 5.41) is 0. The summed E-state index contributed by atoms with van der Waals surface area (Å²) in [5.74, 6) is 0.884. The Kier molecular flexibility index (Phi) is 4.16. The summed E-state index contributed by atoms with van der Waals surface area (Å²) in [6.45, 7) is 4.37. The van der Waals surface area contributed by atoms with E-state index in [1.165, 1.54) is 51.6 Å². The molecule has 1 aliphatic carbocycles. The molecule has 1 aliphatic heterocycles. The normalized spacial score (nSPS) is 22.2. The minimum atomic E-state index is 0.660. The highest BCUT2D eigenvalue weighted by Crippen LogP contribution is 2.42. The Morgan fingerprint density at radius 1 is 1.10 bits per heavy atom. The maximum absolute atomic E-state index is 5.77. The maximum Gasteiger partial charge on any atom is 0.121 e. The number of rotatable bonds is 4. The van der Waals surface area contributed by atoms with Crippen LogP contribution in [0, 0.1) is 5.41 Å². The summed E-state index contributed by atoms with van der Waals surface area (Å²) in [6, 6.07) is 7.69. The lowest BCUT2D eigenvalue weighted by atomic mass is 9.73. The number of nitrogens with two attached hydrogens (primary N) is 1. The fourth-order valence-electron chi connectivity index (χ4n) is 3.75. The van der Waals surface area contributed by atoms with E-state index in [4.69, 9.17) is 10.5 Å². The van der Waals surface area contributed by atoms with E-state index in [0.717, 1.165) is 24.6 Å². The Bertz CT molecular complexity index is 430. The third-order valence-electron chi connectivity index (χ3n) is 4.82. The first-order valence-corrected chi connectivity index (χ1v) is 7.97. The Morgan fingerprint density at radius 2 is 1.85 bits per heavy atom. The molecule has 0 radical (unpaired) electrons. The van der Waals surface area contributed by atoms with Gasteiger partial charge in [0.05, 0.1) is 0 Å². The monoisotopic (exact) mass is 274 g/mol. The van der Waals surface area contributed by atoms with Gasteiger partial charge in [-0.2, -0.15) is 0 Å². The third-order valence-corrected chi connectivity index (χ3v) is 4.82. The van der Waals surface area contributed by atoms with E-state index in [9.17, 15) is 0 Å². The van der Waals surface area contributed by atoms with Crippen molar-refractivity contribution in [2.45, 2.75) is 38.5 Å². The zero-order valence-electron chi connectivity index (χ0n) is 12.3. The van der Waals surface area contributed by atoms with Crippen molar-refractivity contribution in [3.05, 3.63) is 24.3 Å². The molecule has 0 atom stereocenters. The first kappa shape index (κ1) is 13.7. The molecule has 1 saturated carbocycles. The molecule has 1 aromatic rings. The van der Waals surface area contributed by atoms with Crippen LogP contribution >= 0.6 is 0 Å². The number of hydrogen-bond donors (Lipinski definition) is 1. The molecule has 0 bridgehead atoms. The van der Waals surface area contributed by atoms with E-state index in [1.807, 2.05) is 24.3 Å². The van der Waals surface area contributed by atoms with Crippen molar-refractivity contribution in [1.82, 2.24) is 4.90 Å². The number of likely N-dealkylation sites (tertiary alicyclic amines) is 1. The van der Waals surface area contributed by atoms with E-state index >= 15 is 0 Å². The van der Waals surface area contributed by atoms with Crippen molar-refractivity contribution in [1.29, 1.82) is 0 Å². The Morgan fingerprint density at radius 3 is 2.55 bits per heavy atom. The minimum absolute atomic E-state index is 0.660. The molecule has 2 fully saturated rings. The number of benzene rings is 1. The Hall–Kier alpha value is -1.22. The van der Waals surface area contributed by atoms with Crippen molar-refractivity contribution < 1.29 is 4.74 Å². The molecule has 1 spiro atoms. The van der Waals surface area contributed by atoms with Gasteiger partial charge in [0.1, 0.15) is 12.4 Å². The van der Waals surface area contributed by atoms with Crippen molar-refractivity contribution >= 4 is 5.69 Å². The molecule has 0 amide bonds. The van der Waals surface area contributed by atoms with Gasteiger partial charge in [-0.25, -0.2) is 0 Å². The van der Waals surface area contributed by atoms with Crippen LogP contribution in [0.2, 0.25) is 0 Å². The molecule has 20 heavy (non-hydrogen) atoms. The summed E-state index contributed by atoms with van der Waals surface area (Å²) in [5.41, 5.74) is 7.17.